The van der Waals surface area contributed by atoms with Gasteiger partial charge >= 0.3 is 5.97 Å². The van der Waals surface area contributed by atoms with Crippen molar-refractivity contribution in [3.05, 3.63) is 60.2 Å². The summed E-state index contributed by atoms with van der Waals surface area (Å²) in [7, 11) is -3.55. The number of fused-ring (bicyclic) bond motifs is 1. The lowest BCUT2D eigenvalue weighted by atomic mass is 9.96. The van der Waals surface area contributed by atoms with Gasteiger partial charge in [0.2, 0.25) is 15.9 Å². The molecule has 0 atom stereocenters. The quantitative estimate of drug-likeness (QED) is 0.456. The fraction of sp³-hybridized carbons (Fsp3) is 0.370. The molecule has 1 N–H and O–H groups in total. The van der Waals surface area contributed by atoms with Crippen molar-refractivity contribution >= 4 is 45.3 Å². The SMILES string of the molecule is CC1(C)C(=O)Nc2ccccc2N1C(=O)COC(=O)/C=C/c1ccc(S(=O)(=O)N2CCCCCC2)cc1. The maximum atomic E-state index is 13.0. The van der Waals surface area contributed by atoms with Gasteiger partial charge in [0.05, 0.1) is 16.3 Å². The van der Waals surface area contributed by atoms with E-state index in [2.05, 4.69) is 5.32 Å². The molecule has 37 heavy (non-hydrogen) atoms. The van der Waals surface area contributed by atoms with Gasteiger partial charge in [-0.3, -0.25) is 14.5 Å². The van der Waals surface area contributed by atoms with Gasteiger partial charge in [-0.15, -0.1) is 0 Å². The van der Waals surface area contributed by atoms with Crippen LogP contribution in [0.1, 0.15) is 45.1 Å². The Balaban J connectivity index is 1.37. The van der Waals surface area contributed by atoms with E-state index in [1.807, 2.05) is 0 Å². The Morgan fingerprint density at radius 1 is 1.00 bits per heavy atom. The number of rotatable bonds is 6. The van der Waals surface area contributed by atoms with E-state index < -0.39 is 34.0 Å². The van der Waals surface area contributed by atoms with Gasteiger partial charge in [-0.1, -0.05) is 37.1 Å². The molecule has 2 aromatic rings. The summed E-state index contributed by atoms with van der Waals surface area (Å²) in [6.07, 6.45) is 6.46. The summed E-state index contributed by atoms with van der Waals surface area (Å²) < 4.78 is 32.5. The number of carbonyl (C=O) groups excluding carboxylic acids is 3. The number of hydrogen-bond donors (Lipinski definition) is 1. The van der Waals surface area contributed by atoms with Crippen LogP contribution in [0.15, 0.2) is 59.5 Å². The molecule has 2 amide bonds. The first kappa shape index (κ1) is 26.6. The highest BCUT2D eigenvalue weighted by Crippen LogP contribution is 2.36. The molecule has 4 rings (SSSR count). The lowest BCUT2D eigenvalue weighted by Gasteiger charge is -2.41. The second-order valence-electron chi connectivity index (χ2n) is 9.59. The fourth-order valence-corrected chi connectivity index (χ4v) is 6.01. The summed E-state index contributed by atoms with van der Waals surface area (Å²) in [6.45, 7) is 3.75. The summed E-state index contributed by atoms with van der Waals surface area (Å²) in [6, 6.07) is 13.2. The van der Waals surface area contributed by atoms with Crippen molar-refractivity contribution in [1.82, 2.24) is 4.31 Å². The number of benzene rings is 2. The van der Waals surface area contributed by atoms with E-state index in [0.29, 0.717) is 30.0 Å². The van der Waals surface area contributed by atoms with Crippen LogP contribution in [0.3, 0.4) is 0 Å². The lowest BCUT2D eigenvalue weighted by Crippen LogP contribution is -2.59. The Kier molecular flexibility index (Phi) is 7.79. The van der Waals surface area contributed by atoms with E-state index in [-0.39, 0.29) is 10.8 Å². The molecule has 196 valence electrons. The molecule has 0 radical (unpaired) electrons. The number of ether oxygens (including phenoxy) is 1. The number of anilines is 2. The molecule has 2 heterocycles. The monoisotopic (exact) mass is 525 g/mol. The number of sulfonamides is 1. The minimum atomic E-state index is -3.55. The molecule has 1 fully saturated rings. The number of esters is 1. The Hall–Kier alpha value is -3.50. The molecule has 9 nitrogen and oxygen atoms in total. The van der Waals surface area contributed by atoms with Crippen LogP contribution in [0, 0.1) is 0 Å². The van der Waals surface area contributed by atoms with Crippen LogP contribution in [0.25, 0.3) is 6.08 Å². The molecule has 2 aliphatic heterocycles. The van der Waals surface area contributed by atoms with Gasteiger partial charge in [0.1, 0.15) is 5.54 Å². The average Bonchev–Trinajstić information content (AvgIpc) is 3.17. The first-order valence-electron chi connectivity index (χ1n) is 12.3. The summed E-state index contributed by atoms with van der Waals surface area (Å²) in [4.78, 5) is 39.3. The van der Waals surface area contributed by atoms with Crippen molar-refractivity contribution in [2.24, 2.45) is 0 Å². The minimum Gasteiger partial charge on any atom is -0.452 e. The molecule has 0 bridgehead atoms. The van der Waals surface area contributed by atoms with Crippen LogP contribution >= 0.6 is 0 Å². The van der Waals surface area contributed by atoms with Crippen LogP contribution in [0.4, 0.5) is 11.4 Å². The zero-order chi connectivity index (χ0) is 26.6. The van der Waals surface area contributed by atoms with E-state index in [4.69, 9.17) is 4.74 Å². The molecular formula is C27H31N3O6S. The second-order valence-corrected chi connectivity index (χ2v) is 11.5. The predicted octanol–water partition coefficient (Wildman–Crippen LogP) is 3.57. The zero-order valence-corrected chi connectivity index (χ0v) is 21.8. The van der Waals surface area contributed by atoms with E-state index >= 15 is 0 Å². The van der Waals surface area contributed by atoms with Crippen LogP contribution in [0.2, 0.25) is 0 Å². The van der Waals surface area contributed by atoms with Gasteiger partial charge < -0.3 is 10.1 Å². The third kappa shape index (κ3) is 5.75. The Morgan fingerprint density at radius 2 is 1.65 bits per heavy atom. The Morgan fingerprint density at radius 3 is 2.32 bits per heavy atom. The van der Waals surface area contributed by atoms with Gasteiger partial charge in [-0.05, 0) is 62.6 Å². The summed E-state index contributed by atoms with van der Waals surface area (Å²) >= 11 is 0. The van der Waals surface area contributed by atoms with Crippen molar-refractivity contribution in [3.8, 4) is 0 Å². The number of nitrogens with one attached hydrogen (secondary N) is 1. The fourth-order valence-electron chi connectivity index (χ4n) is 4.49. The third-order valence-electron chi connectivity index (χ3n) is 6.59. The molecule has 0 unspecified atom stereocenters. The van der Waals surface area contributed by atoms with Crippen molar-refractivity contribution in [2.75, 3.05) is 29.9 Å². The summed E-state index contributed by atoms with van der Waals surface area (Å²) in [5.41, 5.74) is 0.482. The van der Waals surface area contributed by atoms with Crippen LogP contribution in [-0.4, -0.2) is 55.7 Å². The molecule has 0 aliphatic carbocycles. The molecule has 2 aliphatic rings. The number of carbonyl (C=O) groups is 3. The van der Waals surface area contributed by atoms with Crippen molar-refractivity contribution in [1.29, 1.82) is 0 Å². The molecule has 0 saturated carbocycles. The highest BCUT2D eigenvalue weighted by molar-refractivity contribution is 7.89. The normalized spacial score (nSPS) is 18.1. The largest absolute Gasteiger partial charge is 0.452 e. The van der Waals surface area contributed by atoms with Gasteiger partial charge in [-0.25, -0.2) is 13.2 Å². The highest BCUT2D eigenvalue weighted by Gasteiger charge is 2.43. The van der Waals surface area contributed by atoms with E-state index in [9.17, 15) is 22.8 Å². The van der Waals surface area contributed by atoms with Crippen molar-refractivity contribution in [2.45, 2.75) is 50.0 Å². The zero-order valence-electron chi connectivity index (χ0n) is 21.0. The lowest BCUT2D eigenvalue weighted by molar-refractivity contribution is -0.143. The van der Waals surface area contributed by atoms with Gasteiger partial charge in [0, 0.05) is 19.2 Å². The van der Waals surface area contributed by atoms with Crippen LogP contribution in [0.5, 0.6) is 0 Å². The molecule has 10 heteroatoms. The number of para-hydroxylation sites is 2. The first-order valence-corrected chi connectivity index (χ1v) is 13.7. The molecule has 0 spiro atoms. The number of amides is 2. The van der Waals surface area contributed by atoms with Crippen LogP contribution in [-0.2, 0) is 29.1 Å². The summed E-state index contributed by atoms with van der Waals surface area (Å²) in [5, 5.41) is 2.78. The van der Waals surface area contributed by atoms with Crippen molar-refractivity contribution < 1.29 is 27.5 Å². The third-order valence-corrected chi connectivity index (χ3v) is 8.50. The minimum absolute atomic E-state index is 0.216. The predicted molar refractivity (Wildman–Crippen MR) is 140 cm³/mol. The van der Waals surface area contributed by atoms with E-state index in [1.165, 1.54) is 33.5 Å². The van der Waals surface area contributed by atoms with Gasteiger partial charge in [0.15, 0.2) is 6.61 Å². The Labute approximate surface area is 217 Å². The summed E-state index contributed by atoms with van der Waals surface area (Å²) in [5.74, 6) is -1.61. The Bertz CT molecular complexity index is 1310. The van der Waals surface area contributed by atoms with Gasteiger partial charge in [-0.2, -0.15) is 4.31 Å². The van der Waals surface area contributed by atoms with E-state index in [1.54, 1.807) is 50.2 Å². The molecule has 1 saturated heterocycles. The molecule has 2 aromatic carbocycles. The molecule has 0 aromatic heterocycles. The maximum Gasteiger partial charge on any atom is 0.331 e. The maximum absolute atomic E-state index is 13.0. The smallest absolute Gasteiger partial charge is 0.331 e. The van der Waals surface area contributed by atoms with Crippen LogP contribution < -0.4 is 10.2 Å². The number of nitrogens with zero attached hydrogens (tertiary/aromatic N) is 2. The average molecular weight is 526 g/mol. The molecular weight excluding hydrogens is 494 g/mol. The standard InChI is InChI=1S/C27H31N3O6S/c1-27(2)26(33)28-22-9-5-6-10-23(22)30(27)24(31)19-36-25(32)16-13-20-11-14-21(15-12-20)37(34,35)29-17-7-3-4-8-18-29/h5-6,9-16H,3-4,7-8,17-19H2,1-2H3,(H,28,33)/b16-13+. The topological polar surface area (TPSA) is 113 Å². The second kappa shape index (κ2) is 10.9. The first-order chi connectivity index (χ1) is 17.6. The number of hydrogen-bond acceptors (Lipinski definition) is 6. The van der Waals surface area contributed by atoms with Gasteiger partial charge in [0.25, 0.3) is 5.91 Å². The highest BCUT2D eigenvalue weighted by atomic mass is 32.2. The van der Waals surface area contributed by atoms with Crippen molar-refractivity contribution in [3.63, 3.8) is 0 Å². The van der Waals surface area contributed by atoms with E-state index in [0.717, 1.165) is 25.7 Å².